The number of aromatic nitrogens is 3. The third-order valence-electron chi connectivity index (χ3n) is 3.60. The number of nitrogens with zero attached hydrogens (tertiary/aromatic N) is 3. The van der Waals surface area contributed by atoms with E-state index in [1.807, 2.05) is 11.8 Å². The second-order valence-corrected chi connectivity index (χ2v) is 6.37. The number of aryl methyl sites for hydroxylation is 1. The van der Waals surface area contributed by atoms with Crippen LogP contribution in [-0.4, -0.2) is 20.5 Å². The van der Waals surface area contributed by atoms with Crippen molar-refractivity contribution < 1.29 is 0 Å². The quantitative estimate of drug-likeness (QED) is 0.752. The largest absolute Gasteiger partial charge is 0.250 e. The summed E-state index contributed by atoms with van der Waals surface area (Å²) in [6.45, 7) is 3.38. The van der Waals surface area contributed by atoms with E-state index in [0.29, 0.717) is 5.25 Å². The molecule has 1 fully saturated rings. The van der Waals surface area contributed by atoms with Gasteiger partial charge in [0.2, 0.25) is 0 Å². The van der Waals surface area contributed by atoms with Gasteiger partial charge in [-0.3, -0.25) is 0 Å². The maximum atomic E-state index is 4.76. The molecule has 2 aliphatic heterocycles. The third-order valence-corrected chi connectivity index (χ3v) is 4.97. The van der Waals surface area contributed by atoms with Crippen molar-refractivity contribution in [3.63, 3.8) is 0 Å². The monoisotopic (exact) mass is 237 g/mol. The van der Waals surface area contributed by atoms with Gasteiger partial charge in [0.05, 0.1) is 5.25 Å². The van der Waals surface area contributed by atoms with Gasteiger partial charge in [-0.2, -0.15) is 16.9 Å². The van der Waals surface area contributed by atoms with Crippen LogP contribution in [0, 0.1) is 5.92 Å². The van der Waals surface area contributed by atoms with Crippen molar-refractivity contribution in [3.8, 4) is 0 Å². The number of hydrogen-bond donors (Lipinski definition) is 0. The van der Waals surface area contributed by atoms with Crippen molar-refractivity contribution in [3.05, 3.63) is 11.6 Å². The van der Waals surface area contributed by atoms with Crippen LogP contribution in [0.1, 0.15) is 49.5 Å². The standard InChI is InChI=1S/C12H19N3S/c1-9-5-6-15-11(8-9)13-12(14-15)10-4-2-3-7-16-10/h9-10H,2-8H2,1H3. The normalized spacial score (nSPS) is 30.1. The maximum absolute atomic E-state index is 4.76. The van der Waals surface area contributed by atoms with E-state index in [1.54, 1.807) is 0 Å². The van der Waals surface area contributed by atoms with Crippen LogP contribution in [0.2, 0.25) is 0 Å². The molecule has 2 atom stereocenters. The summed E-state index contributed by atoms with van der Waals surface area (Å²) in [4.78, 5) is 4.76. The second-order valence-electron chi connectivity index (χ2n) is 5.06. The Kier molecular flexibility index (Phi) is 2.92. The van der Waals surface area contributed by atoms with Gasteiger partial charge in [0.1, 0.15) is 5.82 Å². The molecule has 0 aliphatic carbocycles. The summed E-state index contributed by atoms with van der Waals surface area (Å²) < 4.78 is 2.14. The zero-order valence-electron chi connectivity index (χ0n) is 9.85. The van der Waals surface area contributed by atoms with Crippen LogP contribution >= 0.6 is 11.8 Å². The van der Waals surface area contributed by atoms with Gasteiger partial charge in [-0.25, -0.2) is 9.67 Å². The van der Waals surface area contributed by atoms with E-state index in [4.69, 9.17) is 10.1 Å². The zero-order valence-corrected chi connectivity index (χ0v) is 10.7. The lowest BCUT2D eigenvalue weighted by molar-refractivity contribution is 0.385. The lowest BCUT2D eigenvalue weighted by Crippen LogP contribution is -2.18. The molecule has 1 aromatic rings. The molecule has 1 aromatic heterocycles. The van der Waals surface area contributed by atoms with Gasteiger partial charge in [0.25, 0.3) is 0 Å². The van der Waals surface area contributed by atoms with Crippen LogP contribution in [0.15, 0.2) is 0 Å². The first-order valence-corrected chi connectivity index (χ1v) is 7.43. The molecule has 2 unspecified atom stereocenters. The summed E-state index contributed by atoms with van der Waals surface area (Å²) in [5, 5.41) is 5.27. The molecule has 2 aliphatic rings. The predicted molar refractivity (Wildman–Crippen MR) is 66.6 cm³/mol. The first-order valence-electron chi connectivity index (χ1n) is 6.38. The number of thioether (sulfide) groups is 1. The topological polar surface area (TPSA) is 30.7 Å². The molecule has 88 valence electrons. The maximum Gasteiger partial charge on any atom is 0.163 e. The molecule has 0 aromatic carbocycles. The lowest BCUT2D eigenvalue weighted by Gasteiger charge is -2.18. The Labute approximate surface area is 101 Å². The van der Waals surface area contributed by atoms with E-state index in [0.717, 1.165) is 24.7 Å². The van der Waals surface area contributed by atoms with Crippen molar-refractivity contribution in [2.75, 3.05) is 5.75 Å². The van der Waals surface area contributed by atoms with Crippen LogP contribution in [0.25, 0.3) is 0 Å². The highest BCUT2D eigenvalue weighted by Crippen LogP contribution is 2.37. The van der Waals surface area contributed by atoms with Gasteiger partial charge < -0.3 is 0 Å². The number of rotatable bonds is 1. The molecule has 0 bridgehead atoms. The predicted octanol–water partition coefficient (Wildman–Crippen LogP) is 2.82. The molecule has 0 saturated carbocycles. The average Bonchev–Trinajstić information content (AvgIpc) is 2.73. The number of fused-ring (bicyclic) bond motifs is 1. The molecule has 0 N–H and O–H groups in total. The van der Waals surface area contributed by atoms with Crippen LogP contribution < -0.4 is 0 Å². The molecule has 3 heterocycles. The van der Waals surface area contributed by atoms with Crippen molar-refractivity contribution >= 4 is 11.8 Å². The van der Waals surface area contributed by atoms with E-state index >= 15 is 0 Å². The van der Waals surface area contributed by atoms with Gasteiger partial charge in [0, 0.05) is 13.0 Å². The fraction of sp³-hybridized carbons (Fsp3) is 0.833. The highest BCUT2D eigenvalue weighted by atomic mass is 32.2. The first kappa shape index (κ1) is 10.6. The van der Waals surface area contributed by atoms with Crippen molar-refractivity contribution in [1.82, 2.24) is 14.8 Å². The van der Waals surface area contributed by atoms with Gasteiger partial charge in [-0.15, -0.1) is 0 Å². The van der Waals surface area contributed by atoms with Gasteiger partial charge in [-0.1, -0.05) is 13.3 Å². The fourth-order valence-electron chi connectivity index (χ4n) is 2.56. The Bertz CT molecular complexity index is 368. The van der Waals surface area contributed by atoms with Crippen molar-refractivity contribution in [2.45, 2.75) is 50.8 Å². The summed E-state index contributed by atoms with van der Waals surface area (Å²) in [5.74, 6) is 4.39. The minimum Gasteiger partial charge on any atom is -0.250 e. The Morgan fingerprint density at radius 2 is 2.25 bits per heavy atom. The van der Waals surface area contributed by atoms with Crippen LogP contribution in [0.3, 0.4) is 0 Å². The number of hydrogen-bond acceptors (Lipinski definition) is 3. The minimum absolute atomic E-state index is 0.571. The Balaban J connectivity index is 1.80. The minimum atomic E-state index is 0.571. The van der Waals surface area contributed by atoms with E-state index < -0.39 is 0 Å². The molecule has 1 saturated heterocycles. The molecule has 16 heavy (non-hydrogen) atoms. The highest BCUT2D eigenvalue weighted by molar-refractivity contribution is 7.99. The molecular formula is C12H19N3S. The molecule has 0 amide bonds. The molecular weight excluding hydrogens is 218 g/mol. The van der Waals surface area contributed by atoms with Gasteiger partial charge in [0.15, 0.2) is 5.82 Å². The smallest absolute Gasteiger partial charge is 0.163 e. The zero-order chi connectivity index (χ0) is 11.0. The summed E-state index contributed by atoms with van der Waals surface area (Å²) in [5.41, 5.74) is 0. The van der Waals surface area contributed by atoms with E-state index in [9.17, 15) is 0 Å². The Morgan fingerprint density at radius 3 is 3.06 bits per heavy atom. The average molecular weight is 237 g/mol. The summed E-state index contributed by atoms with van der Waals surface area (Å²) in [6.07, 6.45) is 6.35. The van der Waals surface area contributed by atoms with E-state index in [-0.39, 0.29) is 0 Å². The molecule has 0 spiro atoms. The van der Waals surface area contributed by atoms with Crippen LogP contribution in [-0.2, 0) is 13.0 Å². The van der Waals surface area contributed by atoms with E-state index in [2.05, 4.69) is 11.6 Å². The van der Waals surface area contributed by atoms with Gasteiger partial charge in [-0.05, 0) is 30.9 Å². The summed E-state index contributed by atoms with van der Waals surface area (Å²) in [6, 6.07) is 0. The van der Waals surface area contributed by atoms with Crippen LogP contribution in [0.4, 0.5) is 0 Å². The van der Waals surface area contributed by atoms with Crippen molar-refractivity contribution in [1.29, 1.82) is 0 Å². The third kappa shape index (κ3) is 1.99. The summed E-state index contributed by atoms with van der Waals surface area (Å²) >= 11 is 2.04. The SMILES string of the molecule is CC1CCn2nc(C3CCCCS3)nc2C1. The fourth-order valence-corrected chi connectivity index (χ4v) is 3.80. The van der Waals surface area contributed by atoms with E-state index in [1.165, 1.54) is 37.3 Å². The first-order chi connectivity index (χ1) is 7.83. The second kappa shape index (κ2) is 4.40. The van der Waals surface area contributed by atoms with Crippen molar-refractivity contribution in [2.24, 2.45) is 5.92 Å². The Morgan fingerprint density at radius 1 is 1.31 bits per heavy atom. The molecule has 3 nitrogen and oxygen atoms in total. The Hall–Kier alpha value is -0.510. The summed E-state index contributed by atoms with van der Waals surface area (Å²) in [7, 11) is 0. The lowest BCUT2D eigenvalue weighted by atomic mass is 10.0. The highest BCUT2D eigenvalue weighted by Gasteiger charge is 2.24. The molecule has 0 radical (unpaired) electrons. The van der Waals surface area contributed by atoms with Crippen LogP contribution in [0.5, 0.6) is 0 Å². The van der Waals surface area contributed by atoms with Gasteiger partial charge >= 0.3 is 0 Å². The molecule has 3 rings (SSSR count). The molecule has 4 heteroatoms.